The van der Waals surface area contributed by atoms with Gasteiger partial charge in [-0.05, 0) is 38.5 Å². The average molecular weight is 577 g/mol. The first-order valence-electron chi connectivity index (χ1n) is 15.7. The van der Waals surface area contributed by atoms with Gasteiger partial charge in [-0.3, -0.25) is 14.1 Å². The number of nitrogens with zero attached hydrogens (tertiary/aromatic N) is 1. The number of hydrogen-bond acceptors (Lipinski definition) is 4. The normalized spacial score (nSPS) is 14.5. The number of nitrogens with one attached hydrogen (secondary N) is 2. The first-order chi connectivity index (χ1) is 18.3. The van der Waals surface area contributed by atoms with Crippen LogP contribution >= 0.6 is 0 Å². The molecule has 0 bridgehead atoms. The third-order valence-corrected chi connectivity index (χ3v) is 9.21. The Hall–Kier alpha value is -1.19. The topological polar surface area (TPSA) is 113 Å². The van der Waals surface area contributed by atoms with Gasteiger partial charge < -0.3 is 15.1 Å². The molecule has 0 aliphatic heterocycles. The van der Waals surface area contributed by atoms with Crippen LogP contribution in [0.5, 0.6) is 0 Å². The quantitative estimate of drug-likeness (QED) is 0.0716. The second kappa shape index (κ2) is 21.5. The molecule has 3 N–H and O–H groups in total. The third kappa shape index (κ3) is 20.4. The number of carbonyl (C=O) groups is 2. The van der Waals surface area contributed by atoms with E-state index in [1.54, 1.807) is 0 Å². The Labute approximate surface area is 240 Å². The van der Waals surface area contributed by atoms with Gasteiger partial charge in [0.2, 0.25) is 11.8 Å². The molecule has 0 aromatic carbocycles. The van der Waals surface area contributed by atoms with Crippen LogP contribution in [0.3, 0.4) is 0 Å². The van der Waals surface area contributed by atoms with Crippen LogP contribution in [0.2, 0.25) is 0 Å². The van der Waals surface area contributed by atoms with Crippen molar-refractivity contribution in [1.82, 2.24) is 10.6 Å². The molecule has 8 nitrogen and oxygen atoms in total. The fourth-order valence-corrected chi connectivity index (χ4v) is 5.08. The lowest BCUT2D eigenvalue weighted by molar-refractivity contribution is -0.890. The van der Waals surface area contributed by atoms with Gasteiger partial charge >= 0.3 is 0 Å². The van der Waals surface area contributed by atoms with Crippen molar-refractivity contribution >= 4 is 21.9 Å². The van der Waals surface area contributed by atoms with E-state index >= 15 is 0 Å². The SMILES string of the molecule is CCCCCCCCCCCCNC(=O)[C@@H](NC(=O)CCCCC[N+](C)(C)CCC(C)S(=O)(=O)O)[C@@H](C)CC. The molecular weight excluding hydrogens is 514 g/mol. The second-order valence-electron chi connectivity index (χ2n) is 12.2. The standard InChI is InChI=1S/C30H61N3O5S/c1-7-9-10-11-12-13-14-15-16-19-23-31-30(35)29(26(3)8-2)32-28(34)21-18-17-20-24-33(5,6)25-22-27(4)39(36,37)38/h26-27,29H,7-25H2,1-6H3,(H2-,31,32,34,35,36,37,38)/p+1/t26-,27?,29-/m0/s1. The lowest BCUT2D eigenvalue weighted by atomic mass is 9.98. The summed E-state index contributed by atoms with van der Waals surface area (Å²) in [5.74, 6) is -0.0817. The Balaban J connectivity index is 4.19. The van der Waals surface area contributed by atoms with E-state index in [4.69, 9.17) is 4.55 Å². The summed E-state index contributed by atoms with van der Waals surface area (Å²) in [4.78, 5) is 25.4. The van der Waals surface area contributed by atoms with Crippen LogP contribution in [0.15, 0.2) is 0 Å². The first kappa shape index (κ1) is 37.8. The van der Waals surface area contributed by atoms with Gasteiger partial charge in [-0.2, -0.15) is 8.42 Å². The molecule has 0 aromatic rings. The first-order valence-corrected chi connectivity index (χ1v) is 17.2. The Kier molecular flexibility index (Phi) is 20.9. The number of carbonyl (C=O) groups excluding carboxylic acids is 2. The predicted octanol–water partition coefficient (Wildman–Crippen LogP) is 5.86. The van der Waals surface area contributed by atoms with Crippen molar-refractivity contribution in [3.05, 3.63) is 0 Å². The number of rotatable bonds is 25. The van der Waals surface area contributed by atoms with Gasteiger partial charge in [0.25, 0.3) is 10.1 Å². The number of quaternary nitrogens is 1. The minimum absolute atomic E-state index is 0.0740. The van der Waals surface area contributed by atoms with Crippen LogP contribution in [-0.2, 0) is 19.7 Å². The van der Waals surface area contributed by atoms with E-state index in [2.05, 4.69) is 17.6 Å². The van der Waals surface area contributed by atoms with Crippen molar-refractivity contribution in [1.29, 1.82) is 0 Å². The van der Waals surface area contributed by atoms with Crippen molar-refractivity contribution in [3.8, 4) is 0 Å². The van der Waals surface area contributed by atoms with Crippen molar-refractivity contribution in [2.75, 3.05) is 33.7 Å². The van der Waals surface area contributed by atoms with E-state index in [0.29, 0.717) is 30.4 Å². The minimum atomic E-state index is -3.99. The Morgan fingerprint density at radius 1 is 0.795 bits per heavy atom. The summed E-state index contributed by atoms with van der Waals surface area (Å²) in [7, 11) is 0.114. The zero-order valence-electron chi connectivity index (χ0n) is 26.1. The fraction of sp³-hybridized carbons (Fsp3) is 0.933. The summed E-state index contributed by atoms with van der Waals surface area (Å²) in [6.07, 6.45) is 16.8. The maximum atomic E-state index is 12.8. The molecule has 9 heteroatoms. The van der Waals surface area contributed by atoms with Gasteiger partial charge in [0.15, 0.2) is 0 Å². The van der Waals surface area contributed by atoms with Crippen molar-refractivity contribution in [2.24, 2.45) is 5.92 Å². The Morgan fingerprint density at radius 2 is 1.33 bits per heavy atom. The summed E-state index contributed by atoms with van der Waals surface area (Å²) >= 11 is 0. The molecule has 0 aliphatic rings. The summed E-state index contributed by atoms with van der Waals surface area (Å²) in [6, 6.07) is -0.494. The molecule has 0 saturated carbocycles. The van der Waals surface area contributed by atoms with Crippen LogP contribution in [0.25, 0.3) is 0 Å². The van der Waals surface area contributed by atoms with Gasteiger partial charge in [0.1, 0.15) is 6.04 Å². The molecule has 39 heavy (non-hydrogen) atoms. The number of hydrogen-bond donors (Lipinski definition) is 3. The van der Waals surface area contributed by atoms with E-state index in [-0.39, 0.29) is 17.7 Å². The van der Waals surface area contributed by atoms with E-state index < -0.39 is 21.4 Å². The zero-order chi connectivity index (χ0) is 29.7. The van der Waals surface area contributed by atoms with Crippen LogP contribution in [0, 0.1) is 5.92 Å². The highest BCUT2D eigenvalue weighted by Crippen LogP contribution is 2.13. The molecule has 0 fully saturated rings. The van der Waals surface area contributed by atoms with Crippen molar-refractivity contribution in [2.45, 2.75) is 142 Å². The van der Waals surface area contributed by atoms with Crippen LogP contribution < -0.4 is 10.6 Å². The van der Waals surface area contributed by atoms with Gasteiger partial charge in [-0.1, -0.05) is 85.0 Å². The summed E-state index contributed by atoms with van der Waals surface area (Å²) < 4.78 is 32.3. The third-order valence-electron chi connectivity index (χ3n) is 7.96. The highest BCUT2D eigenvalue weighted by Gasteiger charge is 2.26. The monoisotopic (exact) mass is 576 g/mol. The molecule has 0 radical (unpaired) electrons. The second-order valence-corrected chi connectivity index (χ2v) is 14.0. The number of amides is 2. The van der Waals surface area contributed by atoms with Gasteiger partial charge in [0, 0.05) is 19.4 Å². The van der Waals surface area contributed by atoms with E-state index in [0.717, 1.165) is 45.1 Å². The Bertz CT molecular complexity index is 758. The van der Waals surface area contributed by atoms with Gasteiger partial charge in [-0.25, -0.2) is 0 Å². The minimum Gasteiger partial charge on any atom is -0.354 e. The van der Waals surface area contributed by atoms with E-state index in [1.807, 2.05) is 27.9 Å². The van der Waals surface area contributed by atoms with Crippen molar-refractivity contribution in [3.63, 3.8) is 0 Å². The van der Waals surface area contributed by atoms with Crippen LogP contribution in [0.4, 0.5) is 0 Å². The molecule has 0 spiro atoms. The van der Waals surface area contributed by atoms with Crippen molar-refractivity contribution < 1.29 is 27.0 Å². The highest BCUT2D eigenvalue weighted by molar-refractivity contribution is 7.86. The summed E-state index contributed by atoms with van der Waals surface area (Å²) in [5.41, 5.74) is 0. The van der Waals surface area contributed by atoms with Gasteiger partial charge in [-0.15, -0.1) is 0 Å². The molecular formula is C30H62N3O5S+. The van der Waals surface area contributed by atoms with Gasteiger partial charge in [0.05, 0.1) is 32.4 Å². The molecule has 0 rings (SSSR count). The lowest BCUT2D eigenvalue weighted by Gasteiger charge is -2.30. The van der Waals surface area contributed by atoms with Crippen LogP contribution in [0.1, 0.15) is 130 Å². The molecule has 0 aliphatic carbocycles. The zero-order valence-corrected chi connectivity index (χ0v) is 26.9. The molecule has 232 valence electrons. The average Bonchev–Trinajstić information content (AvgIpc) is 2.87. The lowest BCUT2D eigenvalue weighted by Crippen LogP contribution is -2.50. The Morgan fingerprint density at radius 3 is 1.87 bits per heavy atom. The fourth-order valence-electron chi connectivity index (χ4n) is 4.68. The predicted molar refractivity (Wildman–Crippen MR) is 162 cm³/mol. The largest absolute Gasteiger partial charge is 0.354 e. The molecule has 1 unspecified atom stereocenters. The molecule has 0 aromatic heterocycles. The highest BCUT2D eigenvalue weighted by atomic mass is 32.2. The number of unbranched alkanes of at least 4 members (excludes halogenated alkanes) is 11. The molecule has 0 saturated heterocycles. The summed E-state index contributed by atoms with van der Waals surface area (Å²) in [6.45, 7) is 10.0. The summed E-state index contributed by atoms with van der Waals surface area (Å²) in [5, 5.41) is 5.26. The van der Waals surface area contributed by atoms with E-state index in [1.165, 1.54) is 58.3 Å². The maximum Gasteiger partial charge on any atom is 0.267 e. The smallest absolute Gasteiger partial charge is 0.267 e. The molecule has 2 amide bonds. The molecule has 3 atom stereocenters. The van der Waals surface area contributed by atoms with Crippen LogP contribution in [-0.4, -0.2) is 74.3 Å². The molecule has 0 heterocycles. The van der Waals surface area contributed by atoms with E-state index in [9.17, 15) is 18.0 Å². The maximum absolute atomic E-state index is 12.8.